The number of para-hydroxylation sites is 1. The van der Waals surface area contributed by atoms with Gasteiger partial charge in [-0.25, -0.2) is 0 Å². The topological polar surface area (TPSA) is 99.3 Å². The number of nitrogens with zero attached hydrogens (tertiary/aromatic N) is 2. The molecule has 4 rings (SSSR count). The summed E-state index contributed by atoms with van der Waals surface area (Å²) in [7, 11) is 0. The van der Waals surface area contributed by atoms with E-state index in [9.17, 15) is 14.9 Å². The van der Waals surface area contributed by atoms with E-state index in [-0.39, 0.29) is 23.9 Å². The second-order valence-electron chi connectivity index (χ2n) is 5.56. The molecule has 25 heavy (non-hydrogen) atoms. The third-order valence-corrected chi connectivity index (χ3v) is 5.16. The van der Waals surface area contributed by atoms with Gasteiger partial charge in [0.2, 0.25) is 5.91 Å². The minimum atomic E-state index is -0.495. The first kappa shape index (κ1) is 15.4. The van der Waals surface area contributed by atoms with Crippen LogP contribution in [-0.4, -0.2) is 16.7 Å². The predicted octanol–water partition coefficient (Wildman–Crippen LogP) is 3.74. The number of benzene rings is 2. The number of nitrogens with one attached hydrogen (secondary N) is 2. The summed E-state index contributed by atoms with van der Waals surface area (Å²) in [5.74, 6) is -0.124. The van der Waals surface area contributed by atoms with E-state index in [4.69, 9.17) is 5.41 Å². The highest BCUT2D eigenvalue weighted by Gasteiger charge is 2.36. The molecule has 2 aliphatic rings. The highest BCUT2D eigenvalue weighted by atomic mass is 32.2. The average Bonchev–Trinajstić information content (AvgIpc) is 3.15. The van der Waals surface area contributed by atoms with Gasteiger partial charge < -0.3 is 5.32 Å². The fraction of sp³-hybridized carbons (Fsp3) is 0.0588. The third-order valence-electron chi connectivity index (χ3n) is 4.03. The van der Waals surface area contributed by atoms with Crippen LogP contribution in [-0.2, 0) is 4.79 Å². The van der Waals surface area contributed by atoms with Gasteiger partial charge in [0.1, 0.15) is 5.84 Å². The first-order valence-electron chi connectivity index (χ1n) is 7.48. The molecule has 2 aromatic rings. The van der Waals surface area contributed by atoms with Crippen LogP contribution in [0, 0.1) is 15.5 Å². The molecule has 2 heterocycles. The maximum absolute atomic E-state index is 12.4. The Labute approximate surface area is 147 Å². The van der Waals surface area contributed by atoms with Crippen LogP contribution < -0.4 is 10.2 Å². The van der Waals surface area contributed by atoms with E-state index in [0.717, 1.165) is 15.6 Å². The molecule has 2 aliphatic heterocycles. The van der Waals surface area contributed by atoms with Crippen LogP contribution in [0.15, 0.2) is 64.0 Å². The Morgan fingerprint density at radius 2 is 1.88 bits per heavy atom. The normalized spacial score (nSPS) is 19.1. The van der Waals surface area contributed by atoms with Crippen LogP contribution in [0.5, 0.6) is 0 Å². The van der Waals surface area contributed by atoms with Gasteiger partial charge in [0, 0.05) is 22.6 Å². The van der Waals surface area contributed by atoms with Crippen molar-refractivity contribution < 1.29 is 9.72 Å². The molecule has 0 spiro atoms. The number of anilines is 2. The molecule has 0 aromatic heterocycles. The Morgan fingerprint density at radius 3 is 2.56 bits per heavy atom. The van der Waals surface area contributed by atoms with Crippen LogP contribution in [0.1, 0.15) is 6.42 Å². The molecule has 8 heteroatoms. The lowest BCUT2D eigenvalue weighted by Gasteiger charge is -2.15. The lowest BCUT2D eigenvalue weighted by Crippen LogP contribution is -2.28. The van der Waals surface area contributed by atoms with E-state index in [2.05, 4.69) is 5.32 Å². The zero-order valence-electron chi connectivity index (χ0n) is 12.9. The van der Waals surface area contributed by atoms with Gasteiger partial charge in [0.15, 0.2) is 0 Å². The number of hydrogen-bond acceptors (Lipinski definition) is 6. The van der Waals surface area contributed by atoms with Crippen molar-refractivity contribution >= 4 is 40.6 Å². The van der Waals surface area contributed by atoms with Gasteiger partial charge in [0.05, 0.1) is 27.7 Å². The molecule has 1 saturated heterocycles. The Balaban J connectivity index is 1.65. The lowest BCUT2D eigenvalue weighted by molar-refractivity contribution is -0.384. The van der Waals surface area contributed by atoms with Gasteiger partial charge >= 0.3 is 0 Å². The molecule has 1 amide bonds. The van der Waals surface area contributed by atoms with Gasteiger partial charge in [-0.2, -0.15) is 0 Å². The molecule has 124 valence electrons. The number of nitro groups is 1. The SMILES string of the molecule is N=C1C(=C2Nc3ccccc3S2)CC(=O)N1c1ccc([N+](=O)[O-])cc1. The largest absolute Gasteiger partial charge is 0.349 e. The molecular formula is C17H12N4O3S. The van der Waals surface area contributed by atoms with E-state index >= 15 is 0 Å². The highest BCUT2D eigenvalue weighted by molar-refractivity contribution is 8.03. The van der Waals surface area contributed by atoms with Gasteiger partial charge in [-0.05, 0) is 24.3 Å². The minimum absolute atomic E-state index is 0.0519. The Kier molecular flexibility index (Phi) is 3.54. The lowest BCUT2D eigenvalue weighted by atomic mass is 10.2. The minimum Gasteiger partial charge on any atom is -0.349 e. The maximum atomic E-state index is 12.4. The van der Waals surface area contributed by atoms with Crippen molar-refractivity contribution in [2.24, 2.45) is 0 Å². The third kappa shape index (κ3) is 2.56. The van der Waals surface area contributed by atoms with Crippen LogP contribution in [0.25, 0.3) is 0 Å². The number of nitro benzene ring substituents is 1. The standard InChI is InChI=1S/C17H12N4O3S/c18-16-12(17-19-13-3-1-2-4-14(13)25-17)9-15(22)20(16)10-5-7-11(8-6-10)21(23)24/h1-8,18-19H,9H2. The zero-order chi connectivity index (χ0) is 17.6. The molecule has 0 saturated carbocycles. The number of carbonyl (C=O) groups excluding carboxylic acids is 1. The highest BCUT2D eigenvalue weighted by Crippen LogP contribution is 2.44. The van der Waals surface area contributed by atoms with Crippen LogP contribution in [0.3, 0.4) is 0 Å². The van der Waals surface area contributed by atoms with Crippen molar-refractivity contribution in [2.45, 2.75) is 11.3 Å². The van der Waals surface area contributed by atoms with Crippen molar-refractivity contribution in [1.82, 2.24) is 0 Å². The van der Waals surface area contributed by atoms with Gasteiger partial charge in [-0.3, -0.25) is 25.2 Å². The summed E-state index contributed by atoms with van der Waals surface area (Å²) in [6.07, 6.45) is 0.124. The number of amidine groups is 1. The molecule has 0 bridgehead atoms. The summed E-state index contributed by atoms with van der Waals surface area (Å²) >= 11 is 1.50. The molecule has 2 aromatic carbocycles. The van der Waals surface area contributed by atoms with Crippen molar-refractivity contribution in [3.63, 3.8) is 0 Å². The molecule has 7 nitrogen and oxygen atoms in total. The molecule has 0 radical (unpaired) electrons. The predicted molar refractivity (Wildman–Crippen MR) is 95.9 cm³/mol. The first-order chi connectivity index (χ1) is 12.0. The molecule has 0 unspecified atom stereocenters. The fourth-order valence-electron chi connectivity index (χ4n) is 2.81. The molecular weight excluding hydrogens is 340 g/mol. The van der Waals surface area contributed by atoms with E-state index in [1.165, 1.54) is 40.9 Å². The number of hydrogen-bond donors (Lipinski definition) is 2. The average molecular weight is 352 g/mol. The molecule has 0 aliphatic carbocycles. The van der Waals surface area contributed by atoms with Crippen LogP contribution >= 0.6 is 11.8 Å². The summed E-state index contributed by atoms with van der Waals surface area (Å²) in [5, 5.41) is 23.2. The van der Waals surface area contributed by atoms with Crippen LogP contribution in [0.4, 0.5) is 17.1 Å². The number of carbonyl (C=O) groups is 1. The number of amides is 1. The summed E-state index contributed by atoms with van der Waals surface area (Å²) in [6.45, 7) is 0. The fourth-order valence-corrected chi connectivity index (χ4v) is 3.86. The van der Waals surface area contributed by atoms with E-state index < -0.39 is 4.92 Å². The summed E-state index contributed by atoms with van der Waals surface area (Å²) < 4.78 is 0. The smallest absolute Gasteiger partial charge is 0.269 e. The maximum Gasteiger partial charge on any atom is 0.269 e. The number of fused-ring (bicyclic) bond motifs is 1. The van der Waals surface area contributed by atoms with E-state index in [1.807, 2.05) is 24.3 Å². The summed E-state index contributed by atoms with van der Waals surface area (Å²) in [4.78, 5) is 25.0. The Hall–Kier alpha value is -3.13. The zero-order valence-corrected chi connectivity index (χ0v) is 13.7. The quantitative estimate of drug-likeness (QED) is 0.633. The van der Waals surface area contributed by atoms with E-state index in [1.54, 1.807) is 0 Å². The second kappa shape index (κ2) is 5.75. The van der Waals surface area contributed by atoms with Crippen molar-refractivity contribution in [3.05, 3.63) is 69.2 Å². The van der Waals surface area contributed by atoms with Gasteiger partial charge in [0.25, 0.3) is 5.69 Å². The van der Waals surface area contributed by atoms with Crippen molar-refractivity contribution in [2.75, 3.05) is 10.2 Å². The second-order valence-corrected chi connectivity index (χ2v) is 6.61. The summed E-state index contributed by atoms with van der Waals surface area (Å²) in [5.41, 5.74) is 1.99. The summed E-state index contributed by atoms with van der Waals surface area (Å²) in [6, 6.07) is 13.4. The monoisotopic (exact) mass is 352 g/mol. The number of rotatable bonds is 2. The van der Waals surface area contributed by atoms with Crippen LogP contribution in [0.2, 0.25) is 0 Å². The molecule has 2 N–H and O–H groups in total. The number of thioether (sulfide) groups is 1. The molecule has 0 atom stereocenters. The van der Waals surface area contributed by atoms with E-state index in [0.29, 0.717) is 11.3 Å². The van der Waals surface area contributed by atoms with Gasteiger partial charge in [-0.15, -0.1) is 0 Å². The molecule has 1 fully saturated rings. The number of non-ortho nitro benzene ring substituents is 1. The van der Waals surface area contributed by atoms with Crippen molar-refractivity contribution in [3.8, 4) is 0 Å². The Bertz CT molecular complexity index is 926. The first-order valence-corrected chi connectivity index (χ1v) is 8.29. The van der Waals surface area contributed by atoms with Gasteiger partial charge in [-0.1, -0.05) is 23.9 Å². The van der Waals surface area contributed by atoms with Crippen molar-refractivity contribution in [1.29, 1.82) is 5.41 Å². The Morgan fingerprint density at radius 1 is 1.16 bits per heavy atom.